The fraction of sp³-hybridized carbons (Fsp3) is 0.455. The Hall–Kier alpha value is -0.680. The van der Waals surface area contributed by atoms with Crippen LogP contribution >= 0.6 is 15.9 Å². The Labute approximate surface area is 132 Å². The molecular weight excluding hydrogens is 384 g/mol. The van der Waals surface area contributed by atoms with Crippen LogP contribution < -0.4 is 9.86 Å². The van der Waals surface area contributed by atoms with E-state index < -0.39 is 20.0 Å². The molecule has 1 aliphatic rings. The summed E-state index contributed by atoms with van der Waals surface area (Å²) in [6.07, 6.45) is 1.28. The number of sulfonamides is 2. The molecular formula is C11H15BrN2O5S2. The van der Waals surface area contributed by atoms with Crippen LogP contribution in [0.1, 0.15) is 12.8 Å². The highest BCUT2D eigenvalue weighted by atomic mass is 79.9. The molecule has 1 heterocycles. The van der Waals surface area contributed by atoms with Crippen LogP contribution in [0.3, 0.4) is 0 Å². The first-order chi connectivity index (χ1) is 9.67. The molecule has 0 amide bonds. The summed E-state index contributed by atoms with van der Waals surface area (Å²) in [5.41, 5.74) is 0.257. The van der Waals surface area contributed by atoms with Crippen molar-refractivity contribution in [3.8, 4) is 0 Å². The number of rotatable bonds is 5. The Kier molecular flexibility index (Phi) is 4.93. The number of halogens is 1. The number of benzene rings is 1. The van der Waals surface area contributed by atoms with Crippen molar-refractivity contribution in [3.63, 3.8) is 0 Å². The van der Waals surface area contributed by atoms with Crippen LogP contribution in [-0.2, 0) is 24.8 Å². The van der Waals surface area contributed by atoms with E-state index >= 15 is 0 Å². The normalized spacial score (nSPS) is 19.6. The van der Waals surface area contributed by atoms with E-state index in [9.17, 15) is 16.8 Å². The van der Waals surface area contributed by atoms with E-state index in [-0.39, 0.29) is 26.9 Å². The molecule has 0 aromatic heterocycles. The first-order valence-electron chi connectivity index (χ1n) is 6.12. The highest BCUT2D eigenvalue weighted by Crippen LogP contribution is 2.25. The lowest BCUT2D eigenvalue weighted by molar-refractivity contribution is 0.127. The molecule has 0 spiro atoms. The highest BCUT2D eigenvalue weighted by molar-refractivity contribution is 9.10. The summed E-state index contributed by atoms with van der Waals surface area (Å²) >= 11 is 3.06. The predicted molar refractivity (Wildman–Crippen MR) is 81.9 cm³/mol. The molecule has 118 valence electrons. The van der Waals surface area contributed by atoms with Crippen LogP contribution in [-0.4, -0.2) is 35.3 Å². The molecule has 1 fully saturated rings. The van der Waals surface area contributed by atoms with Gasteiger partial charge in [-0.2, -0.15) is 0 Å². The molecule has 3 N–H and O–H groups in total. The van der Waals surface area contributed by atoms with E-state index in [0.29, 0.717) is 6.61 Å². The Balaban J connectivity index is 2.14. The van der Waals surface area contributed by atoms with E-state index in [0.717, 1.165) is 12.8 Å². The Bertz CT molecular complexity index is 727. The maximum absolute atomic E-state index is 12.0. The van der Waals surface area contributed by atoms with E-state index in [4.69, 9.17) is 9.88 Å². The third kappa shape index (κ3) is 4.65. The standard InChI is InChI=1S/C11H15BrN2O5S2/c12-10-6-8(3-4-11(10)21(13,17)18)14-20(15,16)7-9-2-1-5-19-9/h3-4,6,9,14H,1-2,5,7H2,(H2,13,17,18). The summed E-state index contributed by atoms with van der Waals surface area (Å²) in [6, 6.07) is 3.94. The number of hydrogen-bond donors (Lipinski definition) is 2. The molecule has 1 unspecified atom stereocenters. The van der Waals surface area contributed by atoms with Crippen LogP contribution in [0, 0.1) is 0 Å². The van der Waals surface area contributed by atoms with Gasteiger partial charge in [-0.05, 0) is 47.0 Å². The van der Waals surface area contributed by atoms with E-state index in [1.54, 1.807) is 0 Å². The van der Waals surface area contributed by atoms with E-state index in [2.05, 4.69) is 20.7 Å². The zero-order valence-electron chi connectivity index (χ0n) is 11.0. The van der Waals surface area contributed by atoms with Crippen molar-refractivity contribution in [3.05, 3.63) is 22.7 Å². The number of nitrogens with two attached hydrogens (primary N) is 1. The molecule has 1 saturated heterocycles. The molecule has 0 bridgehead atoms. The molecule has 7 nitrogen and oxygen atoms in total. The molecule has 1 atom stereocenters. The van der Waals surface area contributed by atoms with Gasteiger partial charge in [0.15, 0.2) is 0 Å². The second-order valence-electron chi connectivity index (χ2n) is 4.71. The van der Waals surface area contributed by atoms with E-state index in [1.165, 1.54) is 18.2 Å². The second-order valence-corrected chi connectivity index (χ2v) is 8.86. The van der Waals surface area contributed by atoms with Crippen molar-refractivity contribution in [2.75, 3.05) is 17.1 Å². The predicted octanol–water partition coefficient (Wildman–Crippen LogP) is 1.02. The third-order valence-corrected chi connectivity index (χ3v) is 6.19. The molecule has 1 aromatic carbocycles. The van der Waals surface area contributed by atoms with Crippen molar-refractivity contribution < 1.29 is 21.6 Å². The number of anilines is 1. The molecule has 1 aliphatic heterocycles. The Morgan fingerprint density at radius 1 is 1.33 bits per heavy atom. The van der Waals surface area contributed by atoms with Crippen LogP contribution in [0.4, 0.5) is 5.69 Å². The fourth-order valence-electron chi connectivity index (χ4n) is 2.04. The van der Waals surface area contributed by atoms with Gasteiger partial charge in [0, 0.05) is 16.8 Å². The van der Waals surface area contributed by atoms with Crippen molar-refractivity contribution in [2.24, 2.45) is 5.14 Å². The summed E-state index contributed by atoms with van der Waals surface area (Å²) in [5, 5.41) is 5.03. The van der Waals surface area contributed by atoms with E-state index in [1.807, 2.05) is 0 Å². The quantitative estimate of drug-likeness (QED) is 0.767. The Morgan fingerprint density at radius 3 is 2.57 bits per heavy atom. The van der Waals surface area contributed by atoms with Gasteiger partial charge >= 0.3 is 0 Å². The molecule has 10 heteroatoms. The number of nitrogens with one attached hydrogen (secondary N) is 1. The zero-order chi connectivity index (χ0) is 15.7. The van der Waals surface area contributed by atoms with Crippen LogP contribution in [0.15, 0.2) is 27.6 Å². The van der Waals surface area contributed by atoms with Crippen molar-refractivity contribution >= 4 is 41.7 Å². The van der Waals surface area contributed by atoms with Crippen LogP contribution in [0.25, 0.3) is 0 Å². The maximum atomic E-state index is 12.0. The van der Waals surface area contributed by atoms with Crippen LogP contribution in [0.5, 0.6) is 0 Å². The minimum atomic E-state index is -3.86. The molecule has 0 aliphatic carbocycles. The smallest absolute Gasteiger partial charge is 0.239 e. The summed E-state index contributed by atoms with van der Waals surface area (Å²) in [7, 11) is -7.42. The van der Waals surface area contributed by atoms with Gasteiger partial charge in [0.1, 0.15) is 0 Å². The lowest BCUT2D eigenvalue weighted by atomic mass is 10.3. The minimum Gasteiger partial charge on any atom is -0.377 e. The molecule has 0 radical (unpaired) electrons. The first-order valence-corrected chi connectivity index (χ1v) is 10.1. The van der Waals surface area contributed by atoms with Gasteiger partial charge in [-0.1, -0.05) is 0 Å². The molecule has 1 aromatic rings. The number of hydrogen-bond acceptors (Lipinski definition) is 5. The highest BCUT2D eigenvalue weighted by Gasteiger charge is 2.23. The number of primary sulfonamides is 1. The summed E-state index contributed by atoms with van der Waals surface area (Å²) in [6.45, 7) is 0.578. The molecule has 21 heavy (non-hydrogen) atoms. The lowest BCUT2D eigenvalue weighted by Crippen LogP contribution is -2.25. The zero-order valence-corrected chi connectivity index (χ0v) is 14.2. The average Bonchev–Trinajstić information content (AvgIpc) is 2.78. The van der Waals surface area contributed by atoms with Crippen molar-refractivity contribution in [1.29, 1.82) is 0 Å². The summed E-state index contributed by atoms with van der Waals surface area (Å²) in [4.78, 5) is -0.107. The maximum Gasteiger partial charge on any atom is 0.239 e. The van der Waals surface area contributed by atoms with Crippen LogP contribution in [0.2, 0.25) is 0 Å². The van der Waals surface area contributed by atoms with Gasteiger partial charge in [0.05, 0.1) is 16.8 Å². The van der Waals surface area contributed by atoms with Gasteiger partial charge < -0.3 is 4.74 Å². The lowest BCUT2D eigenvalue weighted by Gasteiger charge is -2.13. The topological polar surface area (TPSA) is 116 Å². The average molecular weight is 399 g/mol. The van der Waals surface area contributed by atoms with Crippen molar-refractivity contribution in [1.82, 2.24) is 0 Å². The fourth-order valence-corrected chi connectivity index (χ4v) is 5.00. The molecule has 2 rings (SSSR count). The Morgan fingerprint density at radius 2 is 2.05 bits per heavy atom. The van der Waals surface area contributed by atoms with Crippen molar-refractivity contribution in [2.45, 2.75) is 23.8 Å². The SMILES string of the molecule is NS(=O)(=O)c1ccc(NS(=O)(=O)CC2CCCO2)cc1Br. The van der Waals surface area contributed by atoms with Gasteiger partial charge in [-0.15, -0.1) is 0 Å². The summed E-state index contributed by atoms with van der Waals surface area (Å²) < 4.78 is 54.4. The van der Waals surface area contributed by atoms with Gasteiger partial charge in [-0.25, -0.2) is 22.0 Å². The first kappa shape index (κ1) is 16.7. The molecule has 0 saturated carbocycles. The largest absolute Gasteiger partial charge is 0.377 e. The van der Waals surface area contributed by atoms with Gasteiger partial charge in [-0.3, -0.25) is 4.72 Å². The van der Waals surface area contributed by atoms with Gasteiger partial charge in [0.2, 0.25) is 20.0 Å². The third-order valence-electron chi connectivity index (χ3n) is 2.94. The monoisotopic (exact) mass is 398 g/mol. The van der Waals surface area contributed by atoms with Gasteiger partial charge in [0.25, 0.3) is 0 Å². The number of ether oxygens (including phenoxy) is 1. The minimum absolute atomic E-state index is 0.107. The summed E-state index contributed by atoms with van der Waals surface area (Å²) in [5.74, 6) is -0.123. The second kappa shape index (κ2) is 6.21.